The largest absolute Gasteiger partial charge is 0.394 e. The summed E-state index contributed by atoms with van der Waals surface area (Å²) in [7, 11) is 0. The van der Waals surface area contributed by atoms with Crippen molar-refractivity contribution in [3.05, 3.63) is 0 Å². The van der Waals surface area contributed by atoms with Crippen LogP contribution in [0.15, 0.2) is 0 Å². The lowest BCUT2D eigenvalue weighted by atomic mass is 10.2. The summed E-state index contributed by atoms with van der Waals surface area (Å²) in [4.78, 5) is 0. The minimum Gasteiger partial charge on any atom is -0.394 e. The molecule has 3 nitrogen and oxygen atoms in total. The molecule has 0 amide bonds. The van der Waals surface area contributed by atoms with Crippen molar-refractivity contribution in [2.75, 3.05) is 26.4 Å². The molecule has 0 aliphatic rings. The van der Waals surface area contributed by atoms with E-state index in [0.29, 0.717) is 25.0 Å². The van der Waals surface area contributed by atoms with E-state index < -0.39 is 0 Å². The van der Waals surface area contributed by atoms with E-state index in [4.69, 9.17) is 14.6 Å². The van der Waals surface area contributed by atoms with E-state index in [2.05, 4.69) is 27.7 Å². The fourth-order valence-corrected chi connectivity index (χ4v) is 0.917. The maximum absolute atomic E-state index is 9.00. The molecule has 0 aromatic rings. The number of ether oxygens (including phenoxy) is 2. The van der Waals surface area contributed by atoms with Gasteiger partial charge in [0.2, 0.25) is 0 Å². The quantitative estimate of drug-likeness (QED) is 0.654. The maximum Gasteiger partial charge on any atom is 0.104 e. The van der Waals surface area contributed by atoms with Crippen molar-refractivity contribution in [3.63, 3.8) is 0 Å². The van der Waals surface area contributed by atoms with E-state index in [-0.39, 0.29) is 12.7 Å². The highest BCUT2D eigenvalue weighted by Gasteiger charge is 2.09. The molecule has 86 valence electrons. The second-order valence-electron chi connectivity index (χ2n) is 4.46. The molecule has 0 radical (unpaired) electrons. The van der Waals surface area contributed by atoms with Gasteiger partial charge < -0.3 is 14.6 Å². The Labute approximate surface area is 87.4 Å². The van der Waals surface area contributed by atoms with E-state index in [9.17, 15) is 0 Å². The number of aliphatic hydroxyl groups is 1. The molecule has 0 aliphatic heterocycles. The van der Waals surface area contributed by atoms with Crippen LogP contribution < -0.4 is 0 Å². The smallest absolute Gasteiger partial charge is 0.104 e. The van der Waals surface area contributed by atoms with Crippen molar-refractivity contribution >= 4 is 0 Å². The SMILES string of the molecule is CC(C)COCC(CO)OCC(C)C. The molecule has 1 N–H and O–H groups in total. The molecule has 0 spiro atoms. The van der Waals surface area contributed by atoms with E-state index >= 15 is 0 Å². The Hall–Kier alpha value is -0.120. The fourth-order valence-electron chi connectivity index (χ4n) is 0.917. The van der Waals surface area contributed by atoms with Crippen LogP contribution >= 0.6 is 0 Å². The van der Waals surface area contributed by atoms with Crippen LogP contribution in [0.2, 0.25) is 0 Å². The van der Waals surface area contributed by atoms with Gasteiger partial charge in [-0.1, -0.05) is 27.7 Å². The lowest BCUT2D eigenvalue weighted by Crippen LogP contribution is -2.26. The zero-order chi connectivity index (χ0) is 11.0. The van der Waals surface area contributed by atoms with Gasteiger partial charge in [-0.2, -0.15) is 0 Å². The van der Waals surface area contributed by atoms with Gasteiger partial charge >= 0.3 is 0 Å². The lowest BCUT2D eigenvalue weighted by Gasteiger charge is -2.17. The maximum atomic E-state index is 9.00. The first-order valence-corrected chi connectivity index (χ1v) is 5.36. The van der Waals surface area contributed by atoms with Crippen LogP contribution in [0.5, 0.6) is 0 Å². The number of hydrogen-bond acceptors (Lipinski definition) is 3. The minimum atomic E-state index is -0.170. The van der Waals surface area contributed by atoms with Gasteiger partial charge in [0.1, 0.15) is 6.10 Å². The Morgan fingerprint density at radius 3 is 1.93 bits per heavy atom. The highest BCUT2D eigenvalue weighted by Crippen LogP contribution is 2.00. The zero-order valence-corrected chi connectivity index (χ0v) is 9.82. The summed E-state index contributed by atoms with van der Waals surface area (Å²) in [6, 6.07) is 0. The Bertz CT molecular complexity index is 124. The van der Waals surface area contributed by atoms with Crippen molar-refractivity contribution in [1.82, 2.24) is 0 Å². The van der Waals surface area contributed by atoms with Crippen molar-refractivity contribution in [1.29, 1.82) is 0 Å². The summed E-state index contributed by atoms with van der Waals surface area (Å²) >= 11 is 0. The number of rotatable bonds is 8. The monoisotopic (exact) mass is 204 g/mol. The predicted molar refractivity (Wildman–Crippen MR) is 57.3 cm³/mol. The molecule has 0 rings (SSSR count). The van der Waals surface area contributed by atoms with Crippen LogP contribution in [0.1, 0.15) is 27.7 Å². The third-order valence-electron chi connectivity index (χ3n) is 1.62. The molecule has 0 bridgehead atoms. The highest BCUT2D eigenvalue weighted by atomic mass is 16.5. The molecule has 3 heteroatoms. The molecule has 0 fully saturated rings. The summed E-state index contributed by atoms with van der Waals surface area (Å²) < 4.78 is 10.9. The summed E-state index contributed by atoms with van der Waals surface area (Å²) in [5, 5.41) is 9.00. The van der Waals surface area contributed by atoms with Gasteiger partial charge in [0.15, 0.2) is 0 Å². The van der Waals surface area contributed by atoms with Crippen LogP contribution in [0.4, 0.5) is 0 Å². The average molecular weight is 204 g/mol. The summed E-state index contributed by atoms with van der Waals surface area (Å²) in [5.74, 6) is 1.02. The first-order chi connectivity index (χ1) is 6.56. The van der Waals surface area contributed by atoms with Gasteiger partial charge in [0.05, 0.1) is 13.2 Å². The van der Waals surface area contributed by atoms with Crippen molar-refractivity contribution < 1.29 is 14.6 Å². The van der Waals surface area contributed by atoms with Crippen LogP contribution in [0.25, 0.3) is 0 Å². The number of aliphatic hydroxyl groups excluding tert-OH is 1. The average Bonchev–Trinajstić information content (AvgIpc) is 2.10. The van der Waals surface area contributed by atoms with E-state index in [1.165, 1.54) is 0 Å². The van der Waals surface area contributed by atoms with E-state index in [1.807, 2.05) is 0 Å². The first-order valence-electron chi connectivity index (χ1n) is 5.36. The van der Waals surface area contributed by atoms with Gasteiger partial charge in [-0.05, 0) is 11.8 Å². The van der Waals surface area contributed by atoms with Crippen LogP contribution in [0.3, 0.4) is 0 Å². The Morgan fingerprint density at radius 1 is 0.929 bits per heavy atom. The Kier molecular flexibility index (Phi) is 8.14. The zero-order valence-electron chi connectivity index (χ0n) is 9.82. The third kappa shape index (κ3) is 8.48. The molecular weight excluding hydrogens is 180 g/mol. The molecule has 0 aromatic heterocycles. The Balaban J connectivity index is 3.48. The van der Waals surface area contributed by atoms with Gasteiger partial charge in [0, 0.05) is 13.2 Å². The molecule has 0 saturated carbocycles. The van der Waals surface area contributed by atoms with E-state index in [1.54, 1.807) is 0 Å². The molecule has 0 aromatic carbocycles. The molecule has 0 aliphatic carbocycles. The molecule has 0 saturated heterocycles. The Morgan fingerprint density at radius 2 is 1.50 bits per heavy atom. The van der Waals surface area contributed by atoms with Crippen LogP contribution in [0, 0.1) is 11.8 Å². The predicted octanol–water partition coefficient (Wildman–Crippen LogP) is 1.69. The highest BCUT2D eigenvalue weighted by molar-refractivity contribution is 4.55. The first kappa shape index (κ1) is 13.9. The summed E-state index contributed by atoms with van der Waals surface area (Å²) in [6.45, 7) is 10.3. The van der Waals surface area contributed by atoms with Gasteiger partial charge in [-0.3, -0.25) is 0 Å². The molecular formula is C11H24O3. The topological polar surface area (TPSA) is 38.7 Å². The van der Waals surface area contributed by atoms with Gasteiger partial charge in [0.25, 0.3) is 0 Å². The fraction of sp³-hybridized carbons (Fsp3) is 1.00. The lowest BCUT2D eigenvalue weighted by molar-refractivity contribution is -0.0539. The normalized spacial score (nSPS) is 13.9. The van der Waals surface area contributed by atoms with Gasteiger partial charge in [-0.15, -0.1) is 0 Å². The second kappa shape index (κ2) is 8.21. The van der Waals surface area contributed by atoms with Crippen molar-refractivity contribution in [2.24, 2.45) is 11.8 Å². The summed E-state index contributed by atoms with van der Waals surface area (Å²) in [5.41, 5.74) is 0. The van der Waals surface area contributed by atoms with Crippen LogP contribution in [-0.4, -0.2) is 37.6 Å². The standard InChI is InChI=1S/C11H24O3/c1-9(2)6-13-8-11(5-12)14-7-10(3)4/h9-12H,5-8H2,1-4H3. The molecule has 1 atom stereocenters. The number of hydrogen-bond donors (Lipinski definition) is 1. The van der Waals surface area contributed by atoms with Crippen LogP contribution in [-0.2, 0) is 9.47 Å². The van der Waals surface area contributed by atoms with E-state index in [0.717, 1.165) is 6.61 Å². The molecule has 0 heterocycles. The molecule has 1 unspecified atom stereocenters. The summed E-state index contributed by atoms with van der Waals surface area (Å²) in [6.07, 6.45) is -0.170. The second-order valence-corrected chi connectivity index (χ2v) is 4.46. The minimum absolute atomic E-state index is 0.0326. The van der Waals surface area contributed by atoms with Gasteiger partial charge in [-0.25, -0.2) is 0 Å². The van der Waals surface area contributed by atoms with Crippen molar-refractivity contribution in [3.8, 4) is 0 Å². The molecule has 14 heavy (non-hydrogen) atoms. The third-order valence-corrected chi connectivity index (χ3v) is 1.62. The van der Waals surface area contributed by atoms with Crippen molar-refractivity contribution in [2.45, 2.75) is 33.8 Å².